The second-order valence-corrected chi connectivity index (χ2v) is 4.47. The summed E-state index contributed by atoms with van der Waals surface area (Å²) in [5.41, 5.74) is 5.23. The van der Waals surface area contributed by atoms with Gasteiger partial charge in [-0.15, -0.1) is 0 Å². The number of hydrogen-bond donors (Lipinski definition) is 0. The molecule has 0 N–H and O–H groups in total. The summed E-state index contributed by atoms with van der Waals surface area (Å²) in [5, 5.41) is 0. The van der Waals surface area contributed by atoms with Crippen molar-refractivity contribution in [2.24, 2.45) is 0 Å². The fourth-order valence-electron chi connectivity index (χ4n) is 2.45. The fourth-order valence-corrected chi connectivity index (χ4v) is 2.45. The Bertz CT molecular complexity index is 482. The van der Waals surface area contributed by atoms with Gasteiger partial charge >= 0.3 is 0 Å². The predicted octanol–water partition coefficient (Wildman–Crippen LogP) is 2.78. The first kappa shape index (κ1) is 8.60. The van der Waals surface area contributed by atoms with Crippen molar-refractivity contribution in [3.8, 4) is 11.1 Å². The molecule has 15 heavy (non-hydrogen) atoms. The van der Waals surface area contributed by atoms with E-state index in [0.717, 1.165) is 0 Å². The third kappa shape index (κ3) is 0.990. The molecule has 0 saturated carbocycles. The van der Waals surface area contributed by atoms with E-state index in [0.29, 0.717) is 0 Å². The fraction of sp³-hybridized carbons (Fsp3) is 0.231. The Balaban J connectivity index is 2.42. The molecule has 1 aliphatic carbocycles. The Hall–Kier alpha value is -1.70. The highest BCUT2D eigenvalue weighted by molar-refractivity contribution is 5.79. The van der Waals surface area contributed by atoms with Crippen LogP contribution >= 0.6 is 0 Å². The van der Waals surface area contributed by atoms with Gasteiger partial charge in [-0.25, -0.2) is 0 Å². The quantitative estimate of drug-likeness (QED) is 0.647. The van der Waals surface area contributed by atoms with Gasteiger partial charge in [0.1, 0.15) is 0 Å². The van der Waals surface area contributed by atoms with Crippen molar-refractivity contribution < 1.29 is 0 Å². The molecular formula is C13H12N2. The van der Waals surface area contributed by atoms with Crippen molar-refractivity contribution >= 4 is 0 Å². The van der Waals surface area contributed by atoms with Crippen LogP contribution in [-0.4, -0.2) is 9.97 Å². The number of nitrogens with zero attached hydrogens (tertiary/aromatic N) is 2. The SMILES string of the molecule is CC1(C)c2ccncc2-c2cnccc21. The van der Waals surface area contributed by atoms with E-state index in [9.17, 15) is 0 Å². The van der Waals surface area contributed by atoms with Crippen molar-refractivity contribution in [1.29, 1.82) is 0 Å². The number of rotatable bonds is 0. The van der Waals surface area contributed by atoms with Gasteiger partial charge in [-0.3, -0.25) is 9.97 Å². The minimum Gasteiger partial charge on any atom is -0.264 e. The van der Waals surface area contributed by atoms with E-state index in [1.54, 1.807) is 0 Å². The maximum absolute atomic E-state index is 4.19. The Morgan fingerprint density at radius 1 is 0.867 bits per heavy atom. The average Bonchev–Trinajstić information content (AvgIpc) is 2.51. The van der Waals surface area contributed by atoms with E-state index >= 15 is 0 Å². The Morgan fingerprint density at radius 3 is 1.80 bits per heavy atom. The lowest BCUT2D eigenvalue weighted by molar-refractivity contribution is 0.659. The molecule has 0 bridgehead atoms. The Kier molecular flexibility index (Phi) is 1.52. The molecule has 0 amide bonds. The Morgan fingerprint density at radius 2 is 1.33 bits per heavy atom. The van der Waals surface area contributed by atoms with Crippen LogP contribution in [-0.2, 0) is 5.41 Å². The first-order valence-electron chi connectivity index (χ1n) is 5.10. The standard InChI is InChI=1S/C13H12N2/c1-13(2)11-3-5-14-7-9(11)10-8-15-6-4-12(10)13/h3-8H,1-2H3. The second kappa shape index (κ2) is 2.66. The second-order valence-electron chi connectivity index (χ2n) is 4.47. The first-order valence-corrected chi connectivity index (χ1v) is 5.10. The predicted molar refractivity (Wildman–Crippen MR) is 59.6 cm³/mol. The van der Waals surface area contributed by atoms with Crippen LogP contribution in [0.3, 0.4) is 0 Å². The van der Waals surface area contributed by atoms with Crippen LogP contribution in [0.1, 0.15) is 25.0 Å². The van der Waals surface area contributed by atoms with E-state index in [1.165, 1.54) is 22.3 Å². The van der Waals surface area contributed by atoms with E-state index in [4.69, 9.17) is 0 Å². The molecule has 74 valence electrons. The molecule has 2 aromatic heterocycles. The summed E-state index contributed by atoms with van der Waals surface area (Å²) in [6.07, 6.45) is 7.59. The molecule has 0 atom stereocenters. The topological polar surface area (TPSA) is 25.8 Å². The van der Waals surface area contributed by atoms with Crippen molar-refractivity contribution in [3.05, 3.63) is 48.0 Å². The molecule has 0 aliphatic heterocycles. The lowest BCUT2D eigenvalue weighted by atomic mass is 9.83. The van der Waals surface area contributed by atoms with Gasteiger partial charge < -0.3 is 0 Å². The van der Waals surface area contributed by atoms with Gasteiger partial charge in [-0.05, 0) is 23.3 Å². The zero-order valence-corrected chi connectivity index (χ0v) is 8.86. The summed E-state index contributed by atoms with van der Waals surface area (Å²) in [4.78, 5) is 8.39. The zero-order chi connectivity index (χ0) is 10.5. The number of hydrogen-bond acceptors (Lipinski definition) is 2. The van der Waals surface area contributed by atoms with E-state index < -0.39 is 0 Å². The Labute approximate surface area is 89.0 Å². The van der Waals surface area contributed by atoms with Gasteiger partial charge in [0.05, 0.1) is 0 Å². The summed E-state index contributed by atoms with van der Waals surface area (Å²) in [6, 6.07) is 4.21. The first-order chi connectivity index (χ1) is 7.21. The van der Waals surface area contributed by atoms with Crippen molar-refractivity contribution in [2.75, 3.05) is 0 Å². The van der Waals surface area contributed by atoms with Gasteiger partial charge in [0.15, 0.2) is 0 Å². The molecule has 1 aliphatic rings. The molecular weight excluding hydrogens is 184 g/mol. The van der Waals surface area contributed by atoms with E-state index in [-0.39, 0.29) is 5.41 Å². The van der Waals surface area contributed by atoms with Crippen molar-refractivity contribution in [2.45, 2.75) is 19.3 Å². The largest absolute Gasteiger partial charge is 0.264 e. The summed E-state index contributed by atoms with van der Waals surface area (Å²) in [5.74, 6) is 0. The normalized spacial score (nSPS) is 15.9. The molecule has 0 unspecified atom stereocenters. The minimum atomic E-state index is 0.0799. The van der Waals surface area contributed by atoms with Crippen molar-refractivity contribution in [1.82, 2.24) is 9.97 Å². The molecule has 2 aromatic rings. The molecule has 2 heteroatoms. The molecule has 3 rings (SSSR count). The highest BCUT2D eigenvalue weighted by Crippen LogP contribution is 2.47. The highest BCUT2D eigenvalue weighted by atomic mass is 14.7. The van der Waals surface area contributed by atoms with Gasteiger partial charge in [0.25, 0.3) is 0 Å². The highest BCUT2D eigenvalue weighted by Gasteiger charge is 2.35. The lowest BCUT2D eigenvalue weighted by Gasteiger charge is -2.20. The summed E-state index contributed by atoms with van der Waals surface area (Å²) in [7, 11) is 0. The van der Waals surface area contributed by atoms with Crippen LogP contribution in [0.2, 0.25) is 0 Å². The maximum atomic E-state index is 4.19. The summed E-state index contributed by atoms with van der Waals surface area (Å²) >= 11 is 0. The third-order valence-corrected chi connectivity index (χ3v) is 3.28. The van der Waals surface area contributed by atoms with Crippen LogP contribution < -0.4 is 0 Å². The van der Waals surface area contributed by atoms with Crippen LogP contribution in [0.15, 0.2) is 36.9 Å². The molecule has 2 nitrogen and oxygen atoms in total. The smallest absolute Gasteiger partial charge is 0.0350 e. The number of fused-ring (bicyclic) bond motifs is 3. The summed E-state index contributed by atoms with van der Waals surface area (Å²) < 4.78 is 0. The molecule has 0 spiro atoms. The van der Waals surface area contributed by atoms with Crippen LogP contribution in [0, 0.1) is 0 Å². The minimum absolute atomic E-state index is 0.0799. The van der Waals surface area contributed by atoms with Crippen LogP contribution in [0.5, 0.6) is 0 Å². The number of aromatic nitrogens is 2. The molecule has 2 heterocycles. The molecule has 0 saturated heterocycles. The molecule has 0 fully saturated rings. The molecule has 0 radical (unpaired) electrons. The zero-order valence-electron chi connectivity index (χ0n) is 8.86. The van der Waals surface area contributed by atoms with Crippen LogP contribution in [0.25, 0.3) is 11.1 Å². The third-order valence-electron chi connectivity index (χ3n) is 3.28. The van der Waals surface area contributed by atoms with Gasteiger partial charge in [0.2, 0.25) is 0 Å². The van der Waals surface area contributed by atoms with Crippen LogP contribution in [0.4, 0.5) is 0 Å². The molecule has 0 aromatic carbocycles. The number of pyridine rings is 2. The van der Waals surface area contributed by atoms with Gasteiger partial charge in [-0.1, -0.05) is 13.8 Å². The van der Waals surface area contributed by atoms with Crippen molar-refractivity contribution in [3.63, 3.8) is 0 Å². The average molecular weight is 196 g/mol. The van der Waals surface area contributed by atoms with Gasteiger partial charge in [-0.2, -0.15) is 0 Å². The van der Waals surface area contributed by atoms with E-state index in [1.807, 2.05) is 24.8 Å². The van der Waals surface area contributed by atoms with E-state index in [2.05, 4.69) is 35.9 Å². The van der Waals surface area contributed by atoms with Gasteiger partial charge in [0, 0.05) is 41.3 Å². The lowest BCUT2D eigenvalue weighted by Crippen LogP contribution is -2.14. The monoisotopic (exact) mass is 196 g/mol. The summed E-state index contributed by atoms with van der Waals surface area (Å²) in [6.45, 7) is 4.50. The maximum Gasteiger partial charge on any atom is 0.0350 e.